The van der Waals surface area contributed by atoms with Gasteiger partial charge in [0.1, 0.15) is 0 Å². The third-order valence-electron chi connectivity index (χ3n) is 5.84. The predicted molar refractivity (Wildman–Crippen MR) is 116 cm³/mol. The second-order valence-electron chi connectivity index (χ2n) is 7.89. The van der Waals surface area contributed by atoms with Crippen LogP contribution in [0.4, 0.5) is 0 Å². The Morgan fingerprint density at radius 3 is 2.76 bits per heavy atom. The summed E-state index contributed by atoms with van der Waals surface area (Å²) in [7, 11) is 0. The van der Waals surface area contributed by atoms with Crippen molar-refractivity contribution in [1.82, 2.24) is 14.9 Å². The van der Waals surface area contributed by atoms with Gasteiger partial charge in [0.25, 0.3) is 5.91 Å². The first-order valence-electron chi connectivity index (χ1n) is 10.0. The van der Waals surface area contributed by atoms with Gasteiger partial charge in [-0.05, 0) is 54.3 Å². The molecular weight excluding hydrogens is 358 g/mol. The first kappa shape index (κ1) is 17.7. The van der Waals surface area contributed by atoms with Crippen LogP contribution in [0.15, 0.2) is 60.9 Å². The fraction of sp³-hybridized carbons (Fsp3) is 0.200. The Balaban J connectivity index is 1.52. The molecule has 4 nitrogen and oxygen atoms in total. The summed E-state index contributed by atoms with van der Waals surface area (Å²) in [4.78, 5) is 22.7. The van der Waals surface area contributed by atoms with Gasteiger partial charge in [-0.3, -0.25) is 9.78 Å². The zero-order valence-electron chi connectivity index (χ0n) is 16.7. The van der Waals surface area contributed by atoms with Gasteiger partial charge >= 0.3 is 0 Å². The molecule has 4 heteroatoms. The SMILES string of the molecule is Cc1cncc(C(=O)N2CCc3[nH]c4ccc(-c5ccccc5C)cc4c3C2)c1. The lowest BCUT2D eigenvalue weighted by Crippen LogP contribution is -2.35. The maximum atomic E-state index is 13.0. The molecule has 0 unspecified atom stereocenters. The number of amides is 1. The summed E-state index contributed by atoms with van der Waals surface area (Å²) in [5.41, 5.74) is 9.00. The van der Waals surface area contributed by atoms with Crippen molar-refractivity contribution in [3.8, 4) is 11.1 Å². The van der Waals surface area contributed by atoms with Gasteiger partial charge in [0.05, 0.1) is 5.56 Å². The van der Waals surface area contributed by atoms with E-state index in [1.54, 1.807) is 12.4 Å². The summed E-state index contributed by atoms with van der Waals surface area (Å²) in [5, 5.41) is 1.21. The quantitative estimate of drug-likeness (QED) is 0.528. The molecule has 0 radical (unpaired) electrons. The lowest BCUT2D eigenvalue weighted by Gasteiger charge is -2.27. The van der Waals surface area contributed by atoms with Crippen LogP contribution in [0.5, 0.6) is 0 Å². The van der Waals surface area contributed by atoms with E-state index in [-0.39, 0.29) is 5.91 Å². The van der Waals surface area contributed by atoms with E-state index in [1.165, 1.54) is 33.3 Å². The molecule has 1 aliphatic heterocycles. The predicted octanol–water partition coefficient (Wildman–Crippen LogP) is 5.05. The number of aryl methyl sites for hydroxylation is 2. The summed E-state index contributed by atoms with van der Waals surface area (Å²) in [6, 6.07) is 17.0. The summed E-state index contributed by atoms with van der Waals surface area (Å²) >= 11 is 0. The van der Waals surface area contributed by atoms with Crippen LogP contribution in [0, 0.1) is 13.8 Å². The van der Waals surface area contributed by atoms with Crippen molar-refractivity contribution >= 4 is 16.8 Å². The normalized spacial score (nSPS) is 13.5. The Morgan fingerprint density at radius 1 is 1.07 bits per heavy atom. The Labute approximate surface area is 170 Å². The van der Waals surface area contributed by atoms with Gasteiger partial charge in [-0.2, -0.15) is 0 Å². The topological polar surface area (TPSA) is 49.0 Å². The smallest absolute Gasteiger partial charge is 0.255 e. The van der Waals surface area contributed by atoms with Gasteiger partial charge in [0.2, 0.25) is 0 Å². The molecule has 5 rings (SSSR count). The highest BCUT2D eigenvalue weighted by Crippen LogP contribution is 2.32. The Kier molecular flexibility index (Phi) is 4.20. The van der Waals surface area contributed by atoms with Crippen LogP contribution in [-0.4, -0.2) is 27.3 Å². The fourth-order valence-corrected chi connectivity index (χ4v) is 4.31. The van der Waals surface area contributed by atoms with E-state index in [1.807, 2.05) is 17.9 Å². The number of hydrogen-bond donors (Lipinski definition) is 1. The molecule has 1 aliphatic rings. The molecular formula is C25H23N3O. The number of aromatic amines is 1. The first-order chi connectivity index (χ1) is 14.1. The van der Waals surface area contributed by atoms with Crippen molar-refractivity contribution in [2.24, 2.45) is 0 Å². The second-order valence-corrected chi connectivity index (χ2v) is 7.89. The van der Waals surface area contributed by atoms with E-state index < -0.39 is 0 Å². The van der Waals surface area contributed by atoms with Crippen molar-refractivity contribution in [1.29, 1.82) is 0 Å². The zero-order chi connectivity index (χ0) is 20.0. The molecule has 0 bridgehead atoms. The number of carbonyl (C=O) groups is 1. The highest BCUT2D eigenvalue weighted by molar-refractivity contribution is 5.95. The second kappa shape index (κ2) is 6.89. The van der Waals surface area contributed by atoms with Gasteiger partial charge in [0.15, 0.2) is 0 Å². The lowest BCUT2D eigenvalue weighted by molar-refractivity contribution is 0.0734. The van der Waals surface area contributed by atoms with Gasteiger partial charge in [-0.1, -0.05) is 30.3 Å². The minimum atomic E-state index is 0.0521. The molecule has 29 heavy (non-hydrogen) atoms. The summed E-state index contributed by atoms with van der Waals surface area (Å²) in [5.74, 6) is 0.0521. The van der Waals surface area contributed by atoms with Crippen LogP contribution >= 0.6 is 0 Å². The molecule has 144 valence electrons. The lowest BCUT2D eigenvalue weighted by atomic mass is 9.97. The molecule has 3 heterocycles. The average Bonchev–Trinajstić information content (AvgIpc) is 3.10. The number of nitrogens with one attached hydrogen (secondary N) is 1. The highest BCUT2D eigenvalue weighted by atomic mass is 16.2. The monoisotopic (exact) mass is 381 g/mol. The van der Waals surface area contributed by atoms with Crippen LogP contribution in [0.3, 0.4) is 0 Å². The number of carbonyl (C=O) groups excluding carboxylic acids is 1. The standard InChI is InChI=1S/C25H23N3O/c1-16-11-19(14-26-13-16)25(29)28-10-9-24-22(15-28)21-12-18(7-8-23(21)27-24)20-6-4-3-5-17(20)2/h3-8,11-14,27H,9-10,15H2,1-2H3. The number of hydrogen-bond acceptors (Lipinski definition) is 2. The van der Waals surface area contributed by atoms with Crippen LogP contribution in [-0.2, 0) is 13.0 Å². The van der Waals surface area contributed by atoms with Gasteiger partial charge < -0.3 is 9.88 Å². The molecule has 4 aromatic rings. The molecule has 0 atom stereocenters. The maximum absolute atomic E-state index is 13.0. The maximum Gasteiger partial charge on any atom is 0.255 e. The molecule has 0 saturated carbocycles. The van der Waals surface area contributed by atoms with Crippen molar-refractivity contribution in [2.45, 2.75) is 26.8 Å². The molecule has 0 fully saturated rings. The summed E-state index contributed by atoms with van der Waals surface area (Å²) in [6.45, 7) is 5.45. The average molecular weight is 381 g/mol. The molecule has 1 N–H and O–H groups in total. The summed E-state index contributed by atoms with van der Waals surface area (Å²) in [6.07, 6.45) is 4.28. The Morgan fingerprint density at radius 2 is 1.93 bits per heavy atom. The van der Waals surface area contributed by atoms with Crippen molar-refractivity contribution in [2.75, 3.05) is 6.54 Å². The number of benzene rings is 2. The van der Waals surface area contributed by atoms with Crippen LogP contribution in [0.2, 0.25) is 0 Å². The van der Waals surface area contributed by atoms with Crippen LogP contribution in [0.25, 0.3) is 22.0 Å². The number of pyridine rings is 1. The largest absolute Gasteiger partial charge is 0.358 e. The third-order valence-corrected chi connectivity index (χ3v) is 5.84. The van der Waals surface area contributed by atoms with Crippen molar-refractivity contribution in [3.63, 3.8) is 0 Å². The number of H-pyrrole nitrogens is 1. The number of nitrogens with zero attached hydrogens (tertiary/aromatic N) is 2. The highest BCUT2D eigenvalue weighted by Gasteiger charge is 2.25. The minimum absolute atomic E-state index is 0.0521. The fourth-order valence-electron chi connectivity index (χ4n) is 4.31. The zero-order valence-corrected chi connectivity index (χ0v) is 16.7. The van der Waals surface area contributed by atoms with Gasteiger partial charge in [0, 0.05) is 54.1 Å². The molecule has 2 aromatic carbocycles. The van der Waals surface area contributed by atoms with Gasteiger partial charge in [-0.25, -0.2) is 0 Å². The van der Waals surface area contributed by atoms with Gasteiger partial charge in [-0.15, -0.1) is 0 Å². The number of rotatable bonds is 2. The number of fused-ring (bicyclic) bond motifs is 3. The van der Waals surface area contributed by atoms with Crippen LogP contribution in [0.1, 0.15) is 32.7 Å². The van der Waals surface area contributed by atoms with E-state index in [2.05, 4.69) is 59.4 Å². The van der Waals surface area contributed by atoms with E-state index in [0.29, 0.717) is 12.1 Å². The molecule has 0 saturated heterocycles. The van der Waals surface area contributed by atoms with Crippen molar-refractivity contribution < 1.29 is 4.79 Å². The third kappa shape index (κ3) is 3.11. The van der Waals surface area contributed by atoms with Crippen LogP contribution < -0.4 is 0 Å². The summed E-state index contributed by atoms with van der Waals surface area (Å²) < 4.78 is 0. The molecule has 0 aliphatic carbocycles. The van der Waals surface area contributed by atoms with E-state index in [4.69, 9.17) is 0 Å². The molecule has 1 amide bonds. The minimum Gasteiger partial charge on any atom is -0.358 e. The van der Waals surface area contributed by atoms with E-state index in [0.717, 1.165) is 24.0 Å². The first-order valence-corrected chi connectivity index (χ1v) is 10.0. The Hall–Kier alpha value is -3.40. The van der Waals surface area contributed by atoms with Crippen molar-refractivity contribution in [3.05, 3.63) is 88.9 Å². The molecule has 2 aromatic heterocycles. The Bertz CT molecular complexity index is 1240. The number of aromatic nitrogens is 2. The molecule has 0 spiro atoms. The van der Waals surface area contributed by atoms with E-state index in [9.17, 15) is 4.79 Å². The van der Waals surface area contributed by atoms with E-state index >= 15 is 0 Å².